The molecule has 1 saturated heterocycles. The predicted molar refractivity (Wildman–Crippen MR) is 112 cm³/mol. The highest BCUT2D eigenvalue weighted by molar-refractivity contribution is 5.94. The lowest BCUT2D eigenvalue weighted by Crippen LogP contribution is -2.37. The van der Waals surface area contributed by atoms with Gasteiger partial charge in [0.2, 0.25) is 0 Å². The Morgan fingerprint density at radius 2 is 1.87 bits per heavy atom. The number of fused-ring (bicyclic) bond motifs is 1. The molecule has 1 aliphatic heterocycles. The zero-order valence-corrected chi connectivity index (χ0v) is 16.5. The van der Waals surface area contributed by atoms with Crippen molar-refractivity contribution in [1.29, 1.82) is 0 Å². The number of esters is 1. The van der Waals surface area contributed by atoms with E-state index in [1.165, 1.54) is 18.2 Å². The van der Waals surface area contributed by atoms with E-state index >= 15 is 0 Å². The van der Waals surface area contributed by atoms with Crippen LogP contribution in [-0.2, 0) is 14.3 Å². The van der Waals surface area contributed by atoms with Crippen molar-refractivity contribution in [3.05, 3.63) is 58.6 Å². The molecule has 0 unspecified atom stereocenters. The van der Waals surface area contributed by atoms with E-state index in [0.29, 0.717) is 37.5 Å². The number of nitro groups is 1. The Hall–Kier alpha value is -3.95. The lowest BCUT2D eigenvalue weighted by atomic mass is 9.97. The average molecular weight is 424 g/mol. The summed E-state index contributed by atoms with van der Waals surface area (Å²) in [7, 11) is 0. The Morgan fingerprint density at radius 3 is 2.61 bits per heavy atom. The molecule has 0 saturated carbocycles. The monoisotopic (exact) mass is 424 g/mol. The van der Waals surface area contributed by atoms with Crippen LogP contribution in [0, 0.1) is 16.0 Å². The van der Waals surface area contributed by atoms with E-state index in [-0.39, 0.29) is 17.3 Å². The fourth-order valence-corrected chi connectivity index (χ4v) is 3.48. The van der Waals surface area contributed by atoms with Crippen LogP contribution < -0.4 is 10.2 Å². The fourth-order valence-electron chi connectivity index (χ4n) is 3.48. The summed E-state index contributed by atoms with van der Waals surface area (Å²) in [5.41, 5.74) is 1.32. The molecular weight excluding hydrogens is 404 g/mol. The first kappa shape index (κ1) is 20.3. The van der Waals surface area contributed by atoms with Gasteiger partial charge in [-0.15, -0.1) is 0 Å². The van der Waals surface area contributed by atoms with Crippen LogP contribution in [-0.4, -0.2) is 41.5 Å². The molecule has 0 spiro atoms. The first-order valence-corrected chi connectivity index (χ1v) is 9.81. The van der Waals surface area contributed by atoms with E-state index in [4.69, 9.17) is 9.15 Å². The number of para-hydroxylation sites is 4. The number of anilines is 2. The molecule has 2 heterocycles. The van der Waals surface area contributed by atoms with Crippen molar-refractivity contribution >= 4 is 40.4 Å². The molecule has 1 fully saturated rings. The van der Waals surface area contributed by atoms with Gasteiger partial charge >= 0.3 is 5.97 Å². The number of benzene rings is 2. The van der Waals surface area contributed by atoms with Gasteiger partial charge in [0, 0.05) is 19.2 Å². The van der Waals surface area contributed by atoms with Crippen molar-refractivity contribution < 1.29 is 23.7 Å². The number of ether oxygens (including phenoxy) is 1. The summed E-state index contributed by atoms with van der Waals surface area (Å²) in [6.07, 6.45) is 1.09. The number of hydrogen-bond acceptors (Lipinski definition) is 8. The van der Waals surface area contributed by atoms with Crippen LogP contribution in [0.1, 0.15) is 12.8 Å². The van der Waals surface area contributed by atoms with E-state index in [1.807, 2.05) is 29.2 Å². The molecule has 2 aromatic carbocycles. The SMILES string of the molecule is O=C(COC(=O)C1CCN(c2nc3ccccc3o2)CC1)Nc1ccccc1[N+](=O)[O-]. The topological polar surface area (TPSA) is 128 Å². The second-order valence-electron chi connectivity index (χ2n) is 7.16. The van der Waals surface area contributed by atoms with E-state index in [9.17, 15) is 19.7 Å². The summed E-state index contributed by atoms with van der Waals surface area (Å²) >= 11 is 0. The van der Waals surface area contributed by atoms with Crippen LogP contribution >= 0.6 is 0 Å². The molecule has 160 valence electrons. The number of nitrogens with zero attached hydrogens (tertiary/aromatic N) is 3. The summed E-state index contributed by atoms with van der Waals surface area (Å²) in [4.78, 5) is 41.3. The molecule has 4 rings (SSSR count). The van der Waals surface area contributed by atoms with Gasteiger partial charge in [-0.2, -0.15) is 4.98 Å². The number of piperidine rings is 1. The lowest BCUT2D eigenvalue weighted by molar-refractivity contribution is -0.383. The van der Waals surface area contributed by atoms with Gasteiger partial charge in [0.15, 0.2) is 12.2 Å². The maximum absolute atomic E-state index is 12.3. The Balaban J connectivity index is 1.26. The number of amides is 1. The molecule has 1 amide bonds. The quantitative estimate of drug-likeness (QED) is 0.363. The minimum absolute atomic E-state index is 0.0557. The van der Waals surface area contributed by atoms with Crippen molar-refractivity contribution in [3.8, 4) is 0 Å². The third-order valence-electron chi connectivity index (χ3n) is 5.10. The number of rotatable bonds is 6. The van der Waals surface area contributed by atoms with Crippen molar-refractivity contribution in [2.45, 2.75) is 12.8 Å². The maximum atomic E-state index is 12.3. The largest absolute Gasteiger partial charge is 0.455 e. The smallest absolute Gasteiger partial charge is 0.309 e. The minimum atomic E-state index is -0.633. The Kier molecular flexibility index (Phi) is 5.78. The average Bonchev–Trinajstić information content (AvgIpc) is 3.22. The Bertz CT molecular complexity index is 1090. The van der Waals surface area contributed by atoms with Gasteiger partial charge in [0.25, 0.3) is 17.6 Å². The van der Waals surface area contributed by atoms with Crippen LogP contribution in [0.2, 0.25) is 0 Å². The summed E-state index contributed by atoms with van der Waals surface area (Å²) in [6.45, 7) is 0.653. The second kappa shape index (κ2) is 8.82. The number of carbonyl (C=O) groups excluding carboxylic acids is 2. The third-order valence-corrected chi connectivity index (χ3v) is 5.10. The van der Waals surface area contributed by atoms with Crippen molar-refractivity contribution in [2.24, 2.45) is 5.92 Å². The van der Waals surface area contributed by atoms with Gasteiger partial charge in [-0.1, -0.05) is 24.3 Å². The third kappa shape index (κ3) is 4.63. The molecule has 1 N–H and O–H groups in total. The molecule has 0 bridgehead atoms. The lowest BCUT2D eigenvalue weighted by Gasteiger charge is -2.29. The predicted octanol–water partition coefficient (Wildman–Crippen LogP) is 3.13. The first-order chi connectivity index (χ1) is 15.0. The summed E-state index contributed by atoms with van der Waals surface area (Å²) in [6, 6.07) is 13.8. The fraction of sp³-hybridized carbons (Fsp3) is 0.286. The minimum Gasteiger partial charge on any atom is -0.455 e. The van der Waals surface area contributed by atoms with E-state index in [0.717, 1.165) is 5.52 Å². The molecule has 0 radical (unpaired) electrons. The Morgan fingerprint density at radius 1 is 1.16 bits per heavy atom. The number of hydrogen-bond donors (Lipinski definition) is 1. The summed E-state index contributed by atoms with van der Waals surface area (Å²) < 4.78 is 10.9. The molecule has 0 atom stereocenters. The number of oxazole rings is 1. The zero-order valence-electron chi connectivity index (χ0n) is 16.5. The zero-order chi connectivity index (χ0) is 21.8. The van der Waals surface area contributed by atoms with Crippen LogP contribution in [0.3, 0.4) is 0 Å². The highest BCUT2D eigenvalue weighted by Gasteiger charge is 2.28. The second-order valence-corrected chi connectivity index (χ2v) is 7.16. The number of nitrogens with one attached hydrogen (secondary N) is 1. The molecule has 31 heavy (non-hydrogen) atoms. The molecule has 3 aromatic rings. The molecule has 0 aliphatic carbocycles. The standard InChI is InChI=1S/C21H20N4O6/c26-19(22-15-5-1-3-7-17(15)25(28)29)13-30-20(27)14-9-11-24(12-10-14)21-23-16-6-2-4-8-18(16)31-21/h1-8,14H,9-13H2,(H,22,26). The van der Waals surface area contributed by atoms with E-state index < -0.39 is 23.4 Å². The first-order valence-electron chi connectivity index (χ1n) is 9.81. The number of carbonyl (C=O) groups is 2. The van der Waals surface area contributed by atoms with E-state index in [1.54, 1.807) is 6.07 Å². The van der Waals surface area contributed by atoms with Crippen LogP contribution in [0.15, 0.2) is 52.9 Å². The van der Waals surface area contributed by atoms with Crippen molar-refractivity contribution in [2.75, 3.05) is 29.9 Å². The number of nitro benzene ring substituents is 1. The highest BCUT2D eigenvalue weighted by Crippen LogP contribution is 2.27. The van der Waals surface area contributed by atoms with Crippen LogP contribution in [0.4, 0.5) is 17.4 Å². The van der Waals surface area contributed by atoms with Gasteiger partial charge < -0.3 is 19.4 Å². The van der Waals surface area contributed by atoms with Crippen LogP contribution in [0.5, 0.6) is 0 Å². The number of aromatic nitrogens is 1. The summed E-state index contributed by atoms with van der Waals surface area (Å²) in [5.74, 6) is -1.43. The molecule has 1 aromatic heterocycles. The van der Waals surface area contributed by atoms with Gasteiger partial charge in [-0.05, 0) is 31.0 Å². The van der Waals surface area contributed by atoms with Gasteiger partial charge in [-0.25, -0.2) is 0 Å². The highest BCUT2D eigenvalue weighted by atomic mass is 16.6. The van der Waals surface area contributed by atoms with Gasteiger partial charge in [0.05, 0.1) is 10.8 Å². The van der Waals surface area contributed by atoms with Crippen molar-refractivity contribution in [1.82, 2.24) is 4.98 Å². The maximum Gasteiger partial charge on any atom is 0.309 e. The van der Waals surface area contributed by atoms with E-state index in [2.05, 4.69) is 10.3 Å². The van der Waals surface area contributed by atoms with Crippen molar-refractivity contribution in [3.63, 3.8) is 0 Å². The molecule has 10 nitrogen and oxygen atoms in total. The molecule has 1 aliphatic rings. The van der Waals surface area contributed by atoms with Gasteiger partial charge in [0.1, 0.15) is 11.2 Å². The normalized spacial score (nSPS) is 14.4. The molecular formula is C21H20N4O6. The van der Waals surface area contributed by atoms with Gasteiger partial charge in [-0.3, -0.25) is 19.7 Å². The molecule has 10 heteroatoms. The van der Waals surface area contributed by atoms with Crippen LogP contribution in [0.25, 0.3) is 11.1 Å². The Labute approximate surface area is 176 Å². The summed E-state index contributed by atoms with van der Waals surface area (Å²) in [5, 5.41) is 13.4.